The average Bonchev–Trinajstić information content (AvgIpc) is 2.74. The number of thiazole rings is 1. The molecule has 5 nitrogen and oxygen atoms in total. The van der Waals surface area contributed by atoms with E-state index < -0.39 is 5.97 Å². The van der Waals surface area contributed by atoms with Gasteiger partial charge < -0.3 is 10.0 Å². The predicted molar refractivity (Wildman–Crippen MR) is 83.8 cm³/mol. The zero-order valence-electron chi connectivity index (χ0n) is 13.2. The number of aromatic nitrogens is 1. The van der Waals surface area contributed by atoms with Gasteiger partial charge in [0.15, 0.2) is 0 Å². The van der Waals surface area contributed by atoms with Crippen molar-refractivity contribution in [2.24, 2.45) is 5.92 Å². The first kappa shape index (κ1) is 17.6. The second-order valence-electron chi connectivity index (χ2n) is 5.56. The van der Waals surface area contributed by atoms with Gasteiger partial charge in [-0.05, 0) is 25.7 Å². The minimum Gasteiger partial charge on any atom is -0.481 e. The number of hydrogen-bond acceptors (Lipinski definition) is 4. The van der Waals surface area contributed by atoms with Crippen LogP contribution in [-0.4, -0.2) is 40.0 Å². The van der Waals surface area contributed by atoms with Gasteiger partial charge in [0.05, 0.1) is 17.1 Å². The van der Waals surface area contributed by atoms with Crippen LogP contribution in [0.5, 0.6) is 0 Å². The molecule has 1 aromatic heterocycles. The Morgan fingerprint density at radius 3 is 2.57 bits per heavy atom. The van der Waals surface area contributed by atoms with Crippen LogP contribution in [0.15, 0.2) is 0 Å². The van der Waals surface area contributed by atoms with Crippen LogP contribution in [0.2, 0.25) is 0 Å². The number of nitrogens with zero attached hydrogens (tertiary/aromatic N) is 2. The molecule has 118 valence electrons. The third-order valence-corrected chi connectivity index (χ3v) is 4.17. The van der Waals surface area contributed by atoms with Crippen molar-refractivity contribution in [1.82, 2.24) is 9.88 Å². The fourth-order valence-electron chi connectivity index (χ4n) is 2.06. The largest absolute Gasteiger partial charge is 0.481 e. The van der Waals surface area contributed by atoms with Gasteiger partial charge in [-0.3, -0.25) is 9.59 Å². The molecule has 0 bridgehead atoms. The SMILES string of the molecule is CCCc1nc(C)c(C(=O)N(CCC(=O)O)CC(C)C)s1. The third-order valence-electron chi connectivity index (χ3n) is 2.97. The lowest BCUT2D eigenvalue weighted by Gasteiger charge is -2.23. The van der Waals surface area contributed by atoms with Crippen molar-refractivity contribution in [3.8, 4) is 0 Å². The highest BCUT2D eigenvalue weighted by Gasteiger charge is 2.22. The molecule has 1 rings (SSSR count). The van der Waals surface area contributed by atoms with Crippen LogP contribution in [0.1, 0.15) is 54.0 Å². The maximum Gasteiger partial charge on any atom is 0.305 e. The fraction of sp³-hybridized carbons (Fsp3) is 0.667. The van der Waals surface area contributed by atoms with E-state index in [1.807, 2.05) is 20.8 Å². The number of carboxylic acids is 1. The summed E-state index contributed by atoms with van der Waals surface area (Å²) in [5.41, 5.74) is 0.748. The molecular weight excluding hydrogens is 288 g/mol. The zero-order valence-corrected chi connectivity index (χ0v) is 14.0. The molecule has 0 saturated heterocycles. The lowest BCUT2D eigenvalue weighted by atomic mass is 10.2. The van der Waals surface area contributed by atoms with Crippen LogP contribution in [0, 0.1) is 12.8 Å². The van der Waals surface area contributed by atoms with Crippen LogP contribution in [0.25, 0.3) is 0 Å². The number of carbonyl (C=O) groups excluding carboxylic acids is 1. The summed E-state index contributed by atoms with van der Waals surface area (Å²) in [6.45, 7) is 8.76. The molecule has 0 fully saturated rings. The van der Waals surface area contributed by atoms with Crippen molar-refractivity contribution < 1.29 is 14.7 Å². The molecule has 6 heteroatoms. The van der Waals surface area contributed by atoms with Crippen molar-refractivity contribution >= 4 is 23.2 Å². The summed E-state index contributed by atoms with van der Waals surface area (Å²) in [6, 6.07) is 0. The summed E-state index contributed by atoms with van der Waals surface area (Å²) >= 11 is 1.43. The van der Waals surface area contributed by atoms with E-state index >= 15 is 0 Å². The van der Waals surface area contributed by atoms with E-state index in [9.17, 15) is 9.59 Å². The van der Waals surface area contributed by atoms with Crippen molar-refractivity contribution in [2.75, 3.05) is 13.1 Å². The summed E-state index contributed by atoms with van der Waals surface area (Å²) in [4.78, 5) is 30.1. The highest BCUT2D eigenvalue weighted by Crippen LogP contribution is 2.22. The van der Waals surface area contributed by atoms with Gasteiger partial charge >= 0.3 is 5.97 Å². The smallest absolute Gasteiger partial charge is 0.305 e. The first-order chi connectivity index (χ1) is 9.85. The summed E-state index contributed by atoms with van der Waals surface area (Å²) in [7, 11) is 0. The summed E-state index contributed by atoms with van der Waals surface area (Å²) < 4.78 is 0. The lowest BCUT2D eigenvalue weighted by molar-refractivity contribution is -0.137. The van der Waals surface area contributed by atoms with Crippen LogP contribution in [0.4, 0.5) is 0 Å². The van der Waals surface area contributed by atoms with Crippen LogP contribution < -0.4 is 0 Å². The van der Waals surface area contributed by atoms with Crippen molar-refractivity contribution in [3.63, 3.8) is 0 Å². The van der Waals surface area contributed by atoms with Gasteiger partial charge in [0, 0.05) is 13.1 Å². The van der Waals surface area contributed by atoms with Gasteiger partial charge in [0.25, 0.3) is 5.91 Å². The molecule has 0 aliphatic carbocycles. The molecule has 1 heterocycles. The predicted octanol–water partition coefficient (Wildman–Crippen LogP) is 2.98. The Morgan fingerprint density at radius 1 is 1.38 bits per heavy atom. The molecule has 0 aliphatic rings. The number of rotatable bonds is 8. The number of carboxylic acid groups (broad SMARTS) is 1. The minimum absolute atomic E-state index is 0.0296. The molecule has 0 unspecified atom stereocenters. The summed E-state index contributed by atoms with van der Waals surface area (Å²) in [5, 5.41) is 9.80. The molecule has 0 atom stereocenters. The van der Waals surface area contributed by atoms with Crippen LogP contribution in [-0.2, 0) is 11.2 Å². The summed E-state index contributed by atoms with van der Waals surface area (Å²) in [5.74, 6) is -0.683. The van der Waals surface area contributed by atoms with E-state index in [0.717, 1.165) is 23.5 Å². The molecule has 1 aromatic rings. The Bertz CT molecular complexity index is 497. The monoisotopic (exact) mass is 312 g/mol. The van der Waals surface area contributed by atoms with E-state index in [4.69, 9.17) is 5.11 Å². The van der Waals surface area contributed by atoms with Gasteiger partial charge in [0.2, 0.25) is 0 Å². The molecule has 0 spiro atoms. The Hall–Kier alpha value is -1.43. The Balaban J connectivity index is 2.90. The molecule has 1 N–H and O–H groups in total. The quantitative estimate of drug-likeness (QED) is 0.801. The van der Waals surface area contributed by atoms with E-state index in [1.165, 1.54) is 11.3 Å². The molecule has 21 heavy (non-hydrogen) atoms. The molecule has 0 aliphatic heterocycles. The fourth-order valence-corrected chi connectivity index (χ4v) is 3.20. The Morgan fingerprint density at radius 2 is 2.05 bits per heavy atom. The Kier molecular flexibility index (Phi) is 6.81. The standard InChI is InChI=1S/C15H24N2O3S/c1-5-6-12-16-11(4)14(21-12)15(20)17(9-10(2)3)8-7-13(18)19/h10H,5-9H2,1-4H3,(H,18,19). The van der Waals surface area contributed by atoms with E-state index in [1.54, 1.807) is 4.90 Å². The molecular formula is C15H24N2O3S. The Labute approximate surface area is 130 Å². The minimum atomic E-state index is -0.885. The van der Waals surface area contributed by atoms with Gasteiger partial charge in [-0.2, -0.15) is 0 Å². The first-order valence-corrected chi connectivity index (χ1v) is 8.14. The normalized spacial score (nSPS) is 10.9. The summed E-state index contributed by atoms with van der Waals surface area (Å²) in [6.07, 6.45) is 1.84. The molecule has 1 amide bonds. The molecule has 0 radical (unpaired) electrons. The second-order valence-corrected chi connectivity index (χ2v) is 6.64. The maximum absolute atomic E-state index is 12.6. The van der Waals surface area contributed by atoms with Crippen LogP contribution >= 0.6 is 11.3 Å². The van der Waals surface area contributed by atoms with E-state index in [2.05, 4.69) is 11.9 Å². The second kappa shape index (κ2) is 8.12. The van der Waals surface area contributed by atoms with Gasteiger partial charge in [0.1, 0.15) is 4.88 Å². The van der Waals surface area contributed by atoms with Gasteiger partial charge in [-0.15, -0.1) is 11.3 Å². The van der Waals surface area contributed by atoms with Gasteiger partial charge in [-0.1, -0.05) is 20.8 Å². The number of carbonyl (C=O) groups is 2. The lowest BCUT2D eigenvalue weighted by Crippen LogP contribution is -2.35. The first-order valence-electron chi connectivity index (χ1n) is 7.32. The van der Waals surface area contributed by atoms with Crippen molar-refractivity contribution in [3.05, 3.63) is 15.6 Å². The third kappa shape index (κ3) is 5.46. The highest BCUT2D eigenvalue weighted by atomic mass is 32.1. The molecule has 0 aromatic carbocycles. The zero-order chi connectivity index (χ0) is 16.0. The average molecular weight is 312 g/mol. The maximum atomic E-state index is 12.6. The van der Waals surface area contributed by atoms with E-state index in [0.29, 0.717) is 17.3 Å². The number of hydrogen-bond donors (Lipinski definition) is 1. The number of amides is 1. The number of aryl methyl sites for hydroxylation is 2. The van der Waals surface area contributed by atoms with Crippen LogP contribution in [0.3, 0.4) is 0 Å². The van der Waals surface area contributed by atoms with Crippen molar-refractivity contribution in [2.45, 2.75) is 47.0 Å². The van der Waals surface area contributed by atoms with Crippen molar-refractivity contribution in [1.29, 1.82) is 0 Å². The topological polar surface area (TPSA) is 70.5 Å². The van der Waals surface area contributed by atoms with E-state index in [-0.39, 0.29) is 18.9 Å². The van der Waals surface area contributed by atoms with Gasteiger partial charge in [-0.25, -0.2) is 4.98 Å². The number of aliphatic carboxylic acids is 1. The highest BCUT2D eigenvalue weighted by molar-refractivity contribution is 7.13. The molecule has 0 saturated carbocycles.